The number of hydrogen-bond donors (Lipinski definition) is 9. The van der Waals surface area contributed by atoms with Gasteiger partial charge < -0.3 is 52.3 Å². The number of nitrogen functional groups attached to an aromatic ring is 2. The van der Waals surface area contributed by atoms with Gasteiger partial charge in [-0.1, -0.05) is 43.3 Å². The highest BCUT2D eigenvalue weighted by Crippen LogP contribution is 2.25. The summed E-state index contributed by atoms with van der Waals surface area (Å²) in [5, 5.41) is 29.4. The van der Waals surface area contributed by atoms with E-state index in [0.29, 0.717) is 66.7 Å². The van der Waals surface area contributed by atoms with E-state index >= 15 is 0 Å². The number of aromatic amines is 2. The van der Waals surface area contributed by atoms with Crippen molar-refractivity contribution >= 4 is 63.6 Å². The van der Waals surface area contributed by atoms with Crippen molar-refractivity contribution in [3.63, 3.8) is 0 Å². The van der Waals surface area contributed by atoms with Gasteiger partial charge in [-0.3, -0.25) is 28.8 Å². The van der Waals surface area contributed by atoms with Gasteiger partial charge >= 0.3 is 5.97 Å². The van der Waals surface area contributed by atoms with Gasteiger partial charge in [0.15, 0.2) is 16.8 Å². The Morgan fingerprint density at radius 3 is 2.38 bits per heavy atom. The highest BCUT2D eigenvalue weighted by Gasteiger charge is 2.29. The Labute approximate surface area is 405 Å². The molecule has 2 aromatic carbocycles. The van der Waals surface area contributed by atoms with E-state index in [1.807, 2.05) is 52.0 Å². The number of carbonyl (C=O) groups excluding carboxylic acids is 3. The Morgan fingerprint density at radius 1 is 0.859 bits per heavy atom. The fraction of sp³-hybridized carbons (Fsp3) is 0.370. The molecule has 5 heterocycles. The molecule has 0 bridgehead atoms. The van der Waals surface area contributed by atoms with Crippen LogP contribution in [-0.2, 0) is 51.9 Å². The number of benzene rings is 2. The minimum atomic E-state index is -1.32. The van der Waals surface area contributed by atoms with Crippen LogP contribution in [0, 0.1) is 5.41 Å². The number of aryl methyl sites for hydroxylation is 1. The van der Waals surface area contributed by atoms with Gasteiger partial charge in [0.25, 0.3) is 11.5 Å². The van der Waals surface area contributed by atoms with Gasteiger partial charge in [-0.25, -0.2) is 19.7 Å². The molecule has 0 saturated carbocycles. The Bertz CT molecular complexity index is 3060. The minimum Gasteiger partial charge on any atom is -0.480 e. The topological polar surface area (TPSA) is 364 Å². The number of nitrogens with two attached hydrogens (primary N) is 2. The summed E-state index contributed by atoms with van der Waals surface area (Å²) in [4.78, 5) is 93.0. The predicted molar refractivity (Wildman–Crippen MR) is 258 cm³/mol. The van der Waals surface area contributed by atoms with Crippen LogP contribution in [0.4, 0.5) is 17.6 Å². The Morgan fingerprint density at radius 2 is 1.62 bits per heavy atom. The number of ether oxygens (including phenoxy) is 2. The van der Waals surface area contributed by atoms with E-state index in [1.54, 1.807) is 23.0 Å². The first-order chi connectivity index (χ1) is 33.9. The molecule has 0 aliphatic rings. The molecule has 11 N–H and O–H groups in total. The van der Waals surface area contributed by atoms with Gasteiger partial charge in [0.1, 0.15) is 23.9 Å². The molecule has 1 unspecified atom stereocenters. The second kappa shape index (κ2) is 22.2. The van der Waals surface area contributed by atoms with Gasteiger partial charge in [-0.05, 0) is 68.5 Å². The number of hydrogen-bond acceptors (Lipinski definition) is 18. The average molecular weight is 974 g/mol. The number of fused-ring (bicyclic) bond motifs is 2. The Balaban J connectivity index is 0.766. The summed E-state index contributed by atoms with van der Waals surface area (Å²) in [6, 6.07) is 12.7. The number of carboxylic acid groups (broad SMARTS) is 1. The van der Waals surface area contributed by atoms with Crippen molar-refractivity contribution in [3.8, 4) is 5.88 Å². The van der Waals surface area contributed by atoms with Crippen molar-refractivity contribution in [2.45, 2.75) is 97.8 Å². The molecule has 3 amide bonds. The zero-order chi connectivity index (χ0) is 50.7. The summed E-state index contributed by atoms with van der Waals surface area (Å²) in [5.41, 5.74) is 14.3. The number of nitrogens with one attached hydrogen (secondary N) is 6. The van der Waals surface area contributed by atoms with Crippen molar-refractivity contribution in [2.24, 2.45) is 5.41 Å². The lowest BCUT2D eigenvalue weighted by molar-refractivity contribution is -0.139. The maximum Gasteiger partial charge on any atom is 0.326 e. The van der Waals surface area contributed by atoms with Crippen molar-refractivity contribution in [1.82, 2.24) is 70.8 Å². The van der Waals surface area contributed by atoms with Crippen LogP contribution >= 0.6 is 0 Å². The fourth-order valence-electron chi connectivity index (χ4n) is 6.97. The number of carbonyl (C=O) groups is 4. The van der Waals surface area contributed by atoms with Crippen LogP contribution in [0.5, 0.6) is 5.88 Å². The molecule has 0 fully saturated rings. The molecule has 0 radical (unpaired) electrons. The van der Waals surface area contributed by atoms with Crippen LogP contribution in [0.3, 0.4) is 0 Å². The molecular weight excluding hydrogens is 919 g/mol. The zero-order valence-electron chi connectivity index (χ0n) is 39.5. The van der Waals surface area contributed by atoms with Crippen LogP contribution in [0.1, 0.15) is 86.3 Å². The van der Waals surface area contributed by atoms with Crippen LogP contribution in [-0.4, -0.2) is 102 Å². The van der Waals surface area contributed by atoms with E-state index in [4.69, 9.17) is 20.9 Å². The van der Waals surface area contributed by atoms with Crippen LogP contribution in [0.25, 0.3) is 22.3 Å². The SMILES string of the molecule is CC(C)(CCn1cc(CNC(=O)CCC(NC(=O)c2ccc(NCc3cnc4nc(N)[nH]c(=O)c4n3)cc2)C(=O)O)nn1)OCCC(C)(C)C(=O)NCc1ccc(COc2nc(N)nc3nc[nH]c23)cc1. The molecule has 5 aromatic heterocycles. The van der Waals surface area contributed by atoms with Gasteiger partial charge in [-0.15, -0.1) is 5.10 Å². The number of H-pyrrole nitrogens is 2. The molecule has 372 valence electrons. The zero-order valence-corrected chi connectivity index (χ0v) is 39.5. The second-order valence-corrected chi connectivity index (χ2v) is 17.8. The van der Waals surface area contributed by atoms with E-state index in [2.05, 4.69) is 71.5 Å². The number of anilines is 3. The van der Waals surface area contributed by atoms with Crippen molar-refractivity contribution in [1.29, 1.82) is 0 Å². The lowest BCUT2D eigenvalue weighted by Gasteiger charge is -2.29. The van der Waals surface area contributed by atoms with Gasteiger partial charge in [0.2, 0.25) is 29.6 Å². The molecule has 25 nitrogen and oxygen atoms in total. The number of nitrogens with zero attached hydrogens (tertiary/aromatic N) is 9. The predicted octanol–water partition coefficient (Wildman–Crippen LogP) is 2.52. The summed E-state index contributed by atoms with van der Waals surface area (Å²) in [6.45, 7) is 9.39. The molecule has 25 heteroatoms. The third kappa shape index (κ3) is 14.0. The lowest BCUT2D eigenvalue weighted by atomic mass is 9.88. The highest BCUT2D eigenvalue weighted by molar-refractivity contribution is 5.97. The number of imidazole rings is 1. The van der Waals surface area contributed by atoms with Gasteiger partial charge in [0.05, 0.1) is 43.1 Å². The van der Waals surface area contributed by atoms with E-state index in [9.17, 15) is 29.1 Å². The molecule has 0 spiro atoms. The molecule has 1 atom stereocenters. The number of carboxylic acids is 1. The number of aliphatic carboxylic acids is 1. The largest absolute Gasteiger partial charge is 0.480 e. The number of aromatic nitrogens is 11. The van der Waals surface area contributed by atoms with Crippen molar-refractivity contribution in [2.75, 3.05) is 23.4 Å². The highest BCUT2D eigenvalue weighted by atomic mass is 16.5. The van der Waals surface area contributed by atoms with E-state index in [0.717, 1.165) is 11.1 Å². The number of rotatable bonds is 24. The van der Waals surface area contributed by atoms with E-state index < -0.39 is 40.4 Å². The maximum atomic E-state index is 13.2. The molecule has 7 rings (SSSR count). The Kier molecular flexibility index (Phi) is 15.7. The van der Waals surface area contributed by atoms with Gasteiger partial charge in [-0.2, -0.15) is 15.0 Å². The monoisotopic (exact) mass is 973 g/mol. The molecule has 7 aromatic rings. The molecule has 0 aliphatic heterocycles. The molecule has 0 saturated heterocycles. The number of amides is 3. The smallest absolute Gasteiger partial charge is 0.326 e. The van der Waals surface area contributed by atoms with Crippen LogP contribution < -0.4 is 43.0 Å². The quantitative estimate of drug-likeness (QED) is 0.0420. The lowest BCUT2D eigenvalue weighted by Crippen LogP contribution is -2.41. The minimum absolute atomic E-state index is 0.0452. The first kappa shape index (κ1) is 50.3. The average Bonchev–Trinajstić information content (AvgIpc) is 4.02. The molecule has 71 heavy (non-hydrogen) atoms. The standard InChI is InChI=1S/C46H55N17O8/c1-45(2,42(69)52-19-26-5-7-27(8-6-26)24-70-40-35-37(54-25-53-35)58-44(48)60-40)16-18-71-46(3,4)15-17-63-23-31(61-62-63)22-50-33(64)14-13-32(41(67)68)56-38(65)28-9-11-29(12-10-28)49-20-30-21-51-36-34(55-30)39(66)59-43(47)57-36/h5-12,21,23,25,32,49H,13-20,22,24H2,1-4H3,(H,50,64)(H,52,69)(H,56,65)(H,67,68)(H3,47,51,57,59,66)(H3,48,53,54,58,60). The first-order valence-corrected chi connectivity index (χ1v) is 22.5. The van der Waals surface area contributed by atoms with Gasteiger partial charge in [0, 0.05) is 42.8 Å². The Hall–Kier alpha value is -8.61. The summed E-state index contributed by atoms with van der Waals surface area (Å²) < 4.78 is 13.7. The summed E-state index contributed by atoms with van der Waals surface area (Å²) in [6.07, 6.45) is 5.41. The first-order valence-electron chi connectivity index (χ1n) is 22.5. The third-order valence-corrected chi connectivity index (χ3v) is 11.3. The molecule has 0 aliphatic carbocycles. The van der Waals surface area contributed by atoms with Crippen LogP contribution in [0.2, 0.25) is 0 Å². The van der Waals surface area contributed by atoms with E-state index in [-0.39, 0.29) is 67.1 Å². The molecular formula is C46H55N17O8. The second-order valence-electron chi connectivity index (χ2n) is 17.8. The van der Waals surface area contributed by atoms with Crippen LogP contribution in [0.15, 0.2) is 72.0 Å². The normalized spacial score (nSPS) is 12.1. The fourth-order valence-corrected chi connectivity index (χ4v) is 6.97. The summed E-state index contributed by atoms with van der Waals surface area (Å²) in [5.74, 6) is -2.12. The van der Waals surface area contributed by atoms with E-state index in [1.165, 1.54) is 24.7 Å². The van der Waals surface area contributed by atoms with Crippen molar-refractivity contribution in [3.05, 3.63) is 106 Å². The summed E-state index contributed by atoms with van der Waals surface area (Å²) >= 11 is 0. The summed E-state index contributed by atoms with van der Waals surface area (Å²) in [7, 11) is 0. The maximum absolute atomic E-state index is 13.2. The van der Waals surface area contributed by atoms with Crippen molar-refractivity contribution < 1.29 is 33.8 Å². The third-order valence-electron chi connectivity index (χ3n) is 11.3.